The van der Waals surface area contributed by atoms with Gasteiger partial charge in [-0.25, -0.2) is 4.39 Å². The minimum atomic E-state index is -0.656. The van der Waals surface area contributed by atoms with Gasteiger partial charge in [-0.3, -0.25) is 5.32 Å². The quantitative estimate of drug-likeness (QED) is 0.394. The summed E-state index contributed by atoms with van der Waals surface area (Å²) in [5, 5.41) is 25.1. The van der Waals surface area contributed by atoms with Crippen LogP contribution in [0.5, 0.6) is 5.75 Å². The second-order valence-corrected chi connectivity index (χ2v) is 11.5. The highest BCUT2D eigenvalue weighted by molar-refractivity contribution is 5.41. The molecule has 2 saturated carbocycles. The molecule has 3 aliphatic carbocycles. The van der Waals surface area contributed by atoms with Crippen molar-refractivity contribution in [3.8, 4) is 5.75 Å². The predicted molar refractivity (Wildman–Crippen MR) is 132 cm³/mol. The maximum atomic E-state index is 13.3. The van der Waals surface area contributed by atoms with Gasteiger partial charge in [-0.1, -0.05) is 19.9 Å². The molecule has 0 radical (unpaired) electrons. The molecule has 8 unspecified atom stereocenters. The molecule has 0 amide bonds. The number of fused-ring (bicyclic) bond motifs is 5. The number of rotatable bonds is 8. The number of nitrogens with one attached hydrogen (secondary N) is 1. The van der Waals surface area contributed by atoms with Crippen molar-refractivity contribution in [3.63, 3.8) is 0 Å². The zero-order chi connectivity index (χ0) is 23.9. The van der Waals surface area contributed by atoms with Gasteiger partial charge in [0.05, 0.1) is 12.7 Å². The summed E-state index contributed by atoms with van der Waals surface area (Å²) in [6, 6.07) is 6.64. The van der Waals surface area contributed by atoms with Crippen LogP contribution in [0.25, 0.3) is 0 Å². The second-order valence-electron chi connectivity index (χ2n) is 11.5. The number of aliphatic hydroxyl groups excluding tert-OH is 2. The molecule has 5 rings (SSSR count). The van der Waals surface area contributed by atoms with E-state index in [1.807, 2.05) is 6.92 Å². The van der Waals surface area contributed by atoms with Crippen molar-refractivity contribution in [1.82, 2.24) is 10.2 Å². The van der Waals surface area contributed by atoms with Crippen molar-refractivity contribution in [1.29, 1.82) is 0 Å². The van der Waals surface area contributed by atoms with Gasteiger partial charge >= 0.3 is 0 Å². The smallest absolute Gasteiger partial charge is 0.119 e. The van der Waals surface area contributed by atoms with Crippen LogP contribution in [0, 0.1) is 23.2 Å². The van der Waals surface area contributed by atoms with Gasteiger partial charge in [-0.05, 0) is 97.9 Å². The van der Waals surface area contributed by atoms with Crippen molar-refractivity contribution in [3.05, 3.63) is 29.3 Å². The highest BCUT2D eigenvalue weighted by atomic mass is 19.1. The lowest BCUT2D eigenvalue weighted by molar-refractivity contribution is -0.0485. The fraction of sp³-hybridized carbons (Fsp3) is 0.786. The van der Waals surface area contributed by atoms with Crippen LogP contribution in [-0.4, -0.2) is 66.4 Å². The average Bonchev–Trinajstić information content (AvgIpc) is 3.36. The monoisotopic (exact) mass is 474 g/mol. The maximum absolute atomic E-state index is 13.3. The number of aliphatic hydroxyl groups is 2. The van der Waals surface area contributed by atoms with E-state index in [0.717, 1.165) is 57.5 Å². The van der Waals surface area contributed by atoms with E-state index in [0.29, 0.717) is 43.7 Å². The molecule has 0 spiro atoms. The number of alkyl halides is 1. The number of hydrogen-bond acceptors (Lipinski definition) is 5. The minimum absolute atomic E-state index is 0.0969. The molecule has 1 saturated heterocycles. The molecule has 1 aliphatic heterocycles. The Morgan fingerprint density at radius 1 is 1.29 bits per heavy atom. The van der Waals surface area contributed by atoms with Gasteiger partial charge in [0.25, 0.3) is 0 Å². The average molecular weight is 475 g/mol. The molecular formula is C28H43FN2O3. The first-order valence-corrected chi connectivity index (χ1v) is 13.6. The van der Waals surface area contributed by atoms with Crippen LogP contribution in [0.4, 0.5) is 4.39 Å². The van der Waals surface area contributed by atoms with E-state index in [4.69, 9.17) is 4.74 Å². The topological polar surface area (TPSA) is 65.0 Å². The minimum Gasteiger partial charge on any atom is -0.494 e. The Labute approximate surface area is 204 Å². The van der Waals surface area contributed by atoms with Crippen molar-refractivity contribution < 1.29 is 19.3 Å². The van der Waals surface area contributed by atoms with Crippen LogP contribution in [0.2, 0.25) is 0 Å². The molecular weight excluding hydrogens is 431 g/mol. The molecule has 0 bridgehead atoms. The van der Waals surface area contributed by atoms with E-state index in [-0.39, 0.29) is 17.4 Å². The Hall–Kier alpha value is -1.21. The first kappa shape index (κ1) is 24.5. The first-order chi connectivity index (χ1) is 16.4. The third-order valence-corrected chi connectivity index (χ3v) is 9.63. The lowest BCUT2D eigenvalue weighted by Crippen LogP contribution is -2.48. The summed E-state index contributed by atoms with van der Waals surface area (Å²) in [4.78, 5) is 2.19. The second kappa shape index (κ2) is 10.0. The van der Waals surface area contributed by atoms with Crippen LogP contribution < -0.4 is 10.1 Å². The molecule has 3 N–H and O–H groups in total. The van der Waals surface area contributed by atoms with Crippen molar-refractivity contribution in [2.75, 3.05) is 32.8 Å². The van der Waals surface area contributed by atoms with Gasteiger partial charge in [-0.2, -0.15) is 0 Å². The standard InChI is InChI=1S/C28H43FN2O3/c1-3-30-27(33)24-16-25(32)28(2)11-9-22-21-8-6-20(15-18(21)5-7-23(22)26(24)28)34-14-4-12-31-13-10-19(29)17-31/h6,8,15,19,22-27,30,32-33H,3-5,7,9-14,16-17H2,1-2H3. The van der Waals surface area contributed by atoms with Crippen molar-refractivity contribution in [2.45, 2.75) is 83.2 Å². The molecule has 1 aromatic rings. The highest BCUT2D eigenvalue weighted by Crippen LogP contribution is 2.63. The molecule has 5 nitrogen and oxygen atoms in total. The fourth-order valence-corrected chi connectivity index (χ4v) is 7.95. The summed E-state index contributed by atoms with van der Waals surface area (Å²) in [6.07, 6.45) is 5.03. The predicted octanol–water partition coefficient (Wildman–Crippen LogP) is 3.87. The molecule has 8 atom stereocenters. The largest absolute Gasteiger partial charge is 0.494 e. The first-order valence-electron chi connectivity index (χ1n) is 13.6. The SMILES string of the molecule is CCNC(O)C1CC(O)C2(C)CCC3c4ccc(OCCCN5CCC(F)C5)cc4CCC3C12. The van der Waals surface area contributed by atoms with Crippen molar-refractivity contribution in [2.24, 2.45) is 23.2 Å². The van der Waals surface area contributed by atoms with Crippen molar-refractivity contribution >= 4 is 0 Å². The van der Waals surface area contributed by atoms with Crippen LogP contribution in [0.3, 0.4) is 0 Å². The van der Waals surface area contributed by atoms with Gasteiger partial charge in [0.15, 0.2) is 0 Å². The van der Waals surface area contributed by atoms with Crippen LogP contribution in [0.15, 0.2) is 18.2 Å². The van der Waals surface area contributed by atoms with E-state index < -0.39 is 12.4 Å². The van der Waals surface area contributed by atoms with Crippen LogP contribution in [-0.2, 0) is 6.42 Å². The summed E-state index contributed by atoms with van der Waals surface area (Å²) < 4.78 is 19.4. The third kappa shape index (κ3) is 4.52. The molecule has 3 fully saturated rings. The molecule has 6 heteroatoms. The maximum Gasteiger partial charge on any atom is 0.119 e. The summed E-state index contributed by atoms with van der Waals surface area (Å²) in [5.74, 6) is 2.41. The molecule has 34 heavy (non-hydrogen) atoms. The van der Waals surface area contributed by atoms with Crippen LogP contribution >= 0.6 is 0 Å². The van der Waals surface area contributed by atoms with E-state index in [2.05, 4.69) is 35.3 Å². The Bertz CT molecular complexity index is 853. The van der Waals surface area contributed by atoms with Gasteiger partial charge in [0.1, 0.15) is 18.1 Å². The zero-order valence-corrected chi connectivity index (χ0v) is 20.9. The number of likely N-dealkylation sites (tertiary alicyclic amines) is 1. The molecule has 1 heterocycles. The number of hydrogen-bond donors (Lipinski definition) is 3. The third-order valence-electron chi connectivity index (χ3n) is 9.63. The van der Waals surface area contributed by atoms with Gasteiger partial charge in [-0.15, -0.1) is 0 Å². The number of aryl methyl sites for hydroxylation is 1. The molecule has 1 aromatic carbocycles. The summed E-state index contributed by atoms with van der Waals surface area (Å²) in [6.45, 7) is 8.04. The van der Waals surface area contributed by atoms with Gasteiger partial charge in [0, 0.05) is 25.6 Å². The number of halogens is 1. The van der Waals surface area contributed by atoms with Gasteiger partial charge < -0.3 is 19.8 Å². The zero-order valence-electron chi connectivity index (χ0n) is 20.9. The van der Waals surface area contributed by atoms with E-state index in [1.165, 1.54) is 11.1 Å². The van der Waals surface area contributed by atoms with E-state index >= 15 is 0 Å². The molecule has 190 valence electrons. The molecule has 0 aromatic heterocycles. The summed E-state index contributed by atoms with van der Waals surface area (Å²) >= 11 is 0. The van der Waals surface area contributed by atoms with E-state index in [1.54, 1.807) is 0 Å². The summed E-state index contributed by atoms with van der Waals surface area (Å²) in [5.41, 5.74) is 2.76. The highest BCUT2D eigenvalue weighted by Gasteiger charge is 2.59. The van der Waals surface area contributed by atoms with E-state index in [9.17, 15) is 14.6 Å². The lowest BCUT2D eigenvalue weighted by Gasteiger charge is -2.51. The normalized spacial score (nSPS) is 38.3. The number of ether oxygens (including phenoxy) is 1. The Kier molecular flexibility index (Phi) is 7.23. The van der Waals surface area contributed by atoms with Crippen LogP contribution in [0.1, 0.15) is 69.4 Å². The molecule has 4 aliphatic rings. The number of benzene rings is 1. The fourth-order valence-electron chi connectivity index (χ4n) is 7.95. The summed E-state index contributed by atoms with van der Waals surface area (Å²) in [7, 11) is 0. The number of nitrogens with zero attached hydrogens (tertiary/aromatic N) is 1. The Morgan fingerprint density at radius 2 is 2.15 bits per heavy atom. The van der Waals surface area contributed by atoms with Gasteiger partial charge in [0.2, 0.25) is 0 Å². The Balaban J connectivity index is 1.25. The lowest BCUT2D eigenvalue weighted by atomic mass is 9.54. The Morgan fingerprint density at radius 3 is 2.91 bits per heavy atom.